The monoisotopic (exact) mass is 320 g/mol. The normalized spacial score (nSPS) is 20.4. The van der Waals surface area contributed by atoms with E-state index in [0.29, 0.717) is 18.1 Å². The van der Waals surface area contributed by atoms with Crippen molar-refractivity contribution in [3.05, 3.63) is 22.2 Å². The molecule has 2 aliphatic rings. The average molecular weight is 320 g/mol. The molecule has 0 radical (unpaired) electrons. The Morgan fingerprint density at radius 3 is 2.82 bits per heavy atom. The quantitative estimate of drug-likeness (QED) is 0.866. The van der Waals surface area contributed by atoms with Crippen molar-refractivity contribution in [1.82, 2.24) is 10.4 Å². The zero-order chi connectivity index (χ0) is 15.5. The number of hydrazone groups is 1. The van der Waals surface area contributed by atoms with E-state index in [1.54, 1.807) is 0 Å². The topological polar surface area (TPSA) is 66.8 Å². The van der Waals surface area contributed by atoms with Crippen molar-refractivity contribution < 1.29 is 9.53 Å². The third-order valence-electron chi connectivity index (χ3n) is 3.76. The fourth-order valence-corrected chi connectivity index (χ4v) is 3.51. The van der Waals surface area contributed by atoms with Crippen molar-refractivity contribution >= 4 is 28.1 Å². The van der Waals surface area contributed by atoms with Crippen LogP contribution in [0.1, 0.15) is 35.1 Å². The number of allylic oxidation sites excluding steroid dienone is 2. The zero-order valence-corrected chi connectivity index (χ0v) is 13.7. The lowest BCUT2D eigenvalue weighted by Gasteiger charge is -2.25. The summed E-state index contributed by atoms with van der Waals surface area (Å²) in [5.74, 6) is -0.181. The summed E-state index contributed by atoms with van der Waals surface area (Å²) in [7, 11) is 0. The number of carbonyl (C=O) groups is 1. The highest BCUT2D eigenvalue weighted by Crippen LogP contribution is 2.26. The first-order chi connectivity index (χ1) is 10.6. The number of nitrogens with zero attached hydrogens (tertiary/aromatic N) is 3. The van der Waals surface area contributed by atoms with Gasteiger partial charge >= 0.3 is 0 Å². The second kappa shape index (κ2) is 6.58. The Bertz CT molecular complexity index is 629. The van der Waals surface area contributed by atoms with Gasteiger partial charge in [0, 0.05) is 13.1 Å². The van der Waals surface area contributed by atoms with Gasteiger partial charge in [0.1, 0.15) is 4.88 Å². The van der Waals surface area contributed by atoms with Crippen LogP contribution in [-0.4, -0.2) is 42.9 Å². The summed E-state index contributed by atoms with van der Waals surface area (Å²) >= 11 is 1.42. The maximum absolute atomic E-state index is 12.3. The molecule has 1 N–H and O–H groups in total. The van der Waals surface area contributed by atoms with Crippen LogP contribution < -0.4 is 10.3 Å². The molecule has 1 aromatic rings. The van der Waals surface area contributed by atoms with Gasteiger partial charge in [-0.25, -0.2) is 10.4 Å². The Morgan fingerprint density at radius 2 is 2.14 bits per heavy atom. The molecular weight excluding hydrogens is 300 g/mol. The number of nitrogens with one attached hydrogen (secondary N) is 1. The number of thiazole rings is 1. The number of morpholine rings is 1. The van der Waals surface area contributed by atoms with Crippen LogP contribution >= 0.6 is 11.3 Å². The van der Waals surface area contributed by atoms with Crippen molar-refractivity contribution in [3.8, 4) is 0 Å². The Morgan fingerprint density at radius 1 is 1.36 bits per heavy atom. The van der Waals surface area contributed by atoms with E-state index in [4.69, 9.17) is 4.74 Å². The van der Waals surface area contributed by atoms with Crippen molar-refractivity contribution in [2.45, 2.75) is 26.7 Å². The van der Waals surface area contributed by atoms with Gasteiger partial charge in [-0.05, 0) is 32.8 Å². The van der Waals surface area contributed by atoms with Gasteiger partial charge in [-0.1, -0.05) is 16.9 Å². The summed E-state index contributed by atoms with van der Waals surface area (Å²) in [5, 5.41) is 5.08. The predicted molar refractivity (Wildman–Crippen MR) is 87.8 cm³/mol. The largest absolute Gasteiger partial charge is 0.378 e. The second-order valence-corrected chi connectivity index (χ2v) is 6.52. The number of rotatable bonds is 3. The molecule has 0 bridgehead atoms. The maximum atomic E-state index is 12.3. The molecule has 1 aliphatic carbocycles. The number of hydrogen-bond donors (Lipinski definition) is 1. The van der Waals surface area contributed by atoms with Gasteiger partial charge in [-0.3, -0.25) is 4.79 Å². The smallest absolute Gasteiger partial charge is 0.283 e. The number of aryl methyl sites for hydroxylation is 1. The minimum Gasteiger partial charge on any atom is -0.378 e. The first-order valence-corrected chi connectivity index (χ1v) is 8.29. The minimum atomic E-state index is -0.181. The van der Waals surface area contributed by atoms with E-state index >= 15 is 0 Å². The Kier molecular flexibility index (Phi) is 4.54. The fraction of sp³-hybridized carbons (Fsp3) is 0.533. The van der Waals surface area contributed by atoms with E-state index < -0.39 is 0 Å². The van der Waals surface area contributed by atoms with Crippen LogP contribution in [0.5, 0.6) is 0 Å². The molecule has 7 heteroatoms. The molecule has 1 aliphatic heterocycles. The Hall–Kier alpha value is -1.73. The third kappa shape index (κ3) is 3.36. The van der Waals surface area contributed by atoms with E-state index in [0.717, 1.165) is 42.5 Å². The maximum Gasteiger partial charge on any atom is 0.283 e. The first-order valence-electron chi connectivity index (χ1n) is 7.47. The lowest BCUT2D eigenvalue weighted by atomic mass is 10.3. The molecule has 0 spiro atoms. The molecule has 3 rings (SSSR count). The zero-order valence-electron chi connectivity index (χ0n) is 12.9. The van der Waals surface area contributed by atoms with Crippen LogP contribution in [0.15, 0.2) is 16.8 Å². The number of ether oxygens (including phenoxy) is 1. The summed E-state index contributed by atoms with van der Waals surface area (Å²) in [5.41, 5.74) is 5.64. The van der Waals surface area contributed by atoms with E-state index in [1.807, 2.05) is 13.0 Å². The predicted octanol–water partition coefficient (Wildman–Crippen LogP) is 2.11. The number of amides is 1. The molecule has 2 heterocycles. The van der Waals surface area contributed by atoms with Crippen LogP contribution in [0.3, 0.4) is 0 Å². The summed E-state index contributed by atoms with van der Waals surface area (Å²) < 4.78 is 5.34. The molecule has 6 nitrogen and oxygen atoms in total. The van der Waals surface area contributed by atoms with Crippen LogP contribution in [0.2, 0.25) is 0 Å². The van der Waals surface area contributed by atoms with Crippen LogP contribution in [0, 0.1) is 6.92 Å². The Labute approximate surface area is 133 Å². The van der Waals surface area contributed by atoms with Crippen molar-refractivity contribution in [3.63, 3.8) is 0 Å². The molecule has 118 valence electrons. The SMILES string of the molecule is CC1=CC(=NNC(=O)c2sc(N3CCOCC3)nc2C)CC1. The molecule has 0 unspecified atom stereocenters. The first kappa shape index (κ1) is 15.2. The van der Waals surface area contributed by atoms with Gasteiger partial charge < -0.3 is 9.64 Å². The molecule has 22 heavy (non-hydrogen) atoms. The van der Waals surface area contributed by atoms with Gasteiger partial charge in [0.25, 0.3) is 5.91 Å². The second-order valence-electron chi connectivity index (χ2n) is 5.55. The minimum absolute atomic E-state index is 0.181. The molecule has 1 fully saturated rings. The molecule has 0 atom stereocenters. The van der Waals surface area contributed by atoms with E-state index in [9.17, 15) is 4.79 Å². The fourth-order valence-electron chi connectivity index (χ4n) is 2.50. The Balaban J connectivity index is 1.68. The van der Waals surface area contributed by atoms with E-state index in [2.05, 4.69) is 27.3 Å². The van der Waals surface area contributed by atoms with E-state index in [-0.39, 0.29) is 5.91 Å². The molecule has 0 saturated carbocycles. The lowest BCUT2D eigenvalue weighted by Crippen LogP contribution is -2.36. The number of anilines is 1. The summed E-state index contributed by atoms with van der Waals surface area (Å²) in [6, 6.07) is 0. The molecule has 1 aromatic heterocycles. The molecule has 1 saturated heterocycles. The van der Waals surface area contributed by atoms with Crippen molar-refractivity contribution in [2.75, 3.05) is 31.2 Å². The number of carbonyl (C=O) groups excluding carboxylic acids is 1. The van der Waals surface area contributed by atoms with Gasteiger partial charge in [-0.2, -0.15) is 5.10 Å². The van der Waals surface area contributed by atoms with Gasteiger partial charge in [0.05, 0.1) is 24.6 Å². The standard InChI is InChI=1S/C15H20N4O2S/c1-10-3-4-12(9-10)17-18-14(20)13-11(2)16-15(22-13)19-5-7-21-8-6-19/h9H,3-8H2,1-2H3,(H,18,20). The average Bonchev–Trinajstić information content (AvgIpc) is 3.12. The molecule has 0 aromatic carbocycles. The summed E-state index contributed by atoms with van der Waals surface area (Å²) in [4.78, 5) is 19.6. The summed E-state index contributed by atoms with van der Waals surface area (Å²) in [6.07, 6.45) is 3.95. The summed E-state index contributed by atoms with van der Waals surface area (Å²) in [6.45, 7) is 6.99. The highest BCUT2D eigenvalue weighted by atomic mass is 32.1. The number of aromatic nitrogens is 1. The lowest BCUT2D eigenvalue weighted by molar-refractivity contribution is 0.0958. The van der Waals surface area contributed by atoms with Crippen LogP contribution in [0.4, 0.5) is 5.13 Å². The van der Waals surface area contributed by atoms with Crippen LogP contribution in [0.25, 0.3) is 0 Å². The molecule has 1 amide bonds. The number of hydrogen-bond acceptors (Lipinski definition) is 6. The third-order valence-corrected chi connectivity index (χ3v) is 4.98. The van der Waals surface area contributed by atoms with Gasteiger partial charge in [0.2, 0.25) is 0 Å². The molecular formula is C15H20N4O2S. The highest BCUT2D eigenvalue weighted by Gasteiger charge is 2.20. The van der Waals surface area contributed by atoms with Crippen molar-refractivity contribution in [1.29, 1.82) is 0 Å². The highest BCUT2D eigenvalue weighted by molar-refractivity contribution is 7.17. The van der Waals surface area contributed by atoms with Gasteiger partial charge in [-0.15, -0.1) is 0 Å². The van der Waals surface area contributed by atoms with Gasteiger partial charge in [0.15, 0.2) is 5.13 Å². The van der Waals surface area contributed by atoms with E-state index in [1.165, 1.54) is 16.9 Å². The van der Waals surface area contributed by atoms with Crippen LogP contribution in [-0.2, 0) is 4.74 Å². The van der Waals surface area contributed by atoms with Crippen molar-refractivity contribution in [2.24, 2.45) is 5.10 Å².